The maximum Gasteiger partial charge on any atom is 0.273 e. The lowest BCUT2D eigenvalue weighted by Gasteiger charge is -2.08. The Morgan fingerprint density at radius 2 is 2.11 bits per heavy atom. The number of phenols is 1. The van der Waals surface area contributed by atoms with E-state index in [2.05, 4.69) is 10.4 Å². The molecule has 0 fully saturated rings. The van der Waals surface area contributed by atoms with Gasteiger partial charge in [-0.15, -0.1) is 0 Å². The molecule has 1 heterocycles. The molecule has 1 aromatic heterocycles. The van der Waals surface area contributed by atoms with Gasteiger partial charge in [0.2, 0.25) is 0 Å². The summed E-state index contributed by atoms with van der Waals surface area (Å²) in [7, 11) is 0. The van der Waals surface area contributed by atoms with Gasteiger partial charge in [-0.1, -0.05) is 6.07 Å². The SMILES string of the molecule is CCn1nc(C)cc1C(=O)Nc1ccc(C)c(O)c1. The molecule has 1 amide bonds. The van der Waals surface area contributed by atoms with Crippen LogP contribution >= 0.6 is 0 Å². The fraction of sp³-hybridized carbons (Fsp3) is 0.286. The van der Waals surface area contributed by atoms with Gasteiger partial charge in [-0.05, 0) is 38.5 Å². The molecule has 0 atom stereocenters. The van der Waals surface area contributed by atoms with E-state index in [9.17, 15) is 9.90 Å². The molecule has 0 saturated carbocycles. The molecule has 0 radical (unpaired) electrons. The standard InChI is InChI=1S/C14H17N3O2/c1-4-17-12(7-10(3)16-17)14(19)15-11-6-5-9(2)13(18)8-11/h5-8,18H,4H2,1-3H3,(H,15,19). The van der Waals surface area contributed by atoms with Gasteiger partial charge in [0, 0.05) is 18.3 Å². The van der Waals surface area contributed by atoms with E-state index in [1.165, 1.54) is 6.07 Å². The minimum Gasteiger partial charge on any atom is -0.508 e. The van der Waals surface area contributed by atoms with Crippen molar-refractivity contribution in [2.75, 3.05) is 5.32 Å². The second-order valence-electron chi connectivity index (χ2n) is 4.44. The average Bonchev–Trinajstić information content (AvgIpc) is 2.75. The molecule has 5 nitrogen and oxygen atoms in total. The molecule has 0 bridgehead atoms. The highest BCUT2D eigenvalue weighted by molar-refractivity contribution is 6.03. The zero-order chi connectivity index (χ0) is 14.0. The van der Waals surface area contributed by atoms with Crippen LogP contribution in [0.4, 0.5) is 5.69 Å². The largest absolute Gasteiger partial charge is 0.508 e. The summed E-state index contributed by atoms with van der Waals surface area (Å²) in [5, 5.41) is 16.6. The predicted molar refractivity (Wildman–Crippen MR) is 73.4 cm³/mol. The van der Waals surface area contributed by atoms with Crippen LogP contribution in [0.2, 0.25) is 0 Å². The first kappa shape index (κ1) is 13.1. The Morgan fingerprint density at radius 1 is 1.37 bits per heavy atom. The van der Waals surface area contributed by atoms with Gasteiger partial charge in [-0.25, -0.2) is 0 Å². The van der Waals surface area contributed by atoms with Gasteiger partial charge in [0.05, 0.1) is 5.69 Å². The number of phenolic OH excluding ortho intramolecular Hbond substituents is 1. The van der Waals surface area contributed by atoms with Crippen molar-refractivity contribution in [3.63, 3.8) is 0 Å². The summed E-state index contributed by atoms with van der Waals surface area (Å²) in [5.74, 6) is -0.0660. The Balaban J connectivity index is 2.22. The van der Waals surface area contributed by atoms with Crippen LogP contribution in [0, 0.1) is 13.8 Å². The highest BCUT2D eigenvalue weighted by Gasteiger charge is 2.13. The molecule has 0 unspecified atom stereocenters. The minimum atomic E-state index is -0.231. The lowest BCUT2D eigenvalue weighted by molar-refractivity contribution is 0.101. The Morgan fingerprint density at radius 3 is 2.74 bits per heavy atom. The molecular weight excluding hydrogens is 242 g/mol. The molecule has 2 N–H and O–H groups in total. The van der Waals surface area contributed by atoms with Crippen molar-refractivity contribution in [2.45, 2.75) is 27.3 Å². The first-order valence-corrected chi connectivity index (χ1v) is 6.16. The molecule has 2 aromatic rings. The fourth-order valence-corrected chi connectivity index (χ4v) is 1.85. The van der Waals surface area contributed by atoms with Gasteiger partial charge < -0.3 is 10.4 Å². The van der Waals surface area contributed by atoms with E-state index in [-0.39, 0.29) is 11.7 Å². The smallest absolute Gasteiger partial charge is 0.273 e. The zero-order valence-electron chi connectivity index (χ0n) is 11.3. The maximum absolute atomic E-state index is 12.1. The highest BCUT2D eigenvalue weighted by atomic mass is 16.3. The second kappa shape index (κ2) is 5.14. The minimum absolute atomic E-state index is 0.165. The number of hydrogen-bond acceptors (Lipinski definition) is 3. The Hall–Kier alpha value is -2.30. The molecular formula is C14H17N3O2. The molecule has 0 spiro atoms. The first-order chi connectivity index (χ1) is 9.01. The summed E-state index contributed by atoms with van der Waals surface area (Å²) in [4.78, 5) is 12.1. The van der Waals surface area contributed by atoms with Crippen molar-refractivity contribution in [2.24, 2.45) is 0 Å². The van der Waals surface area contributed by atoms with Gasteiger partial charge in [-0.3, -0.25) is 9.48 Å². The van der Waals surface area contributed by atoms with E-state index in [0.717, 1.165) is 11.3 Å². The monoisotopic (exact) mass is 259 g/mol. The van der Waals surface area contributed by atoms with Gasteiger partial charge >= 0.3 is 0 Å². The Kier molecular flexibility index (Phi) is 3.55. The fourth-order valence-electron chi connectivity index (χ4n) is 1.85. The number of aryl methyl sites for hydroxylation is 3. The predicted octanol–water partition coefficient (Wildman–Crippen LogP) is 2.48. The van der Waals surface area contributed by atoms with Gasteiger partial charge in [0.15, 0.2) is 0 Å². The lowest BCUT2D eigenvalue weighted by Crippen LogP contribution is -2.17. The van der Waals surface area contributed by atoms with Crippen molar-refractivity contribution in [3.05, 3.63) is 41.2 Å². The molecule has 1 aromatic carbocycles. The molecule has 5 heteroatoms. The summed E-state index contributed by atoms with van der Waals surface area (Å²) in [6.07, 6.45) is 0. The van der Waals surface area contributed by atoms with E-state index in [4.69, 9.17) is 0 Å². The van der Waals surface area contributed by atoms with E-state index >= 15 is 0 Å². The molecule has 0 aliphatic rings. The van der Waals surface area contributed by atoms with Crippen LogP contribution in [-0.4, -0.2) is 20.8 Å². The number of carbonyl (C=O) groups is 1. The van der Waals surface area contributed by atoms with Gasteiger partial charge in [0.25, 0.3) is 5.91 Å². The number of amides is 1. The summed E-state index contributed by atoms with van der Waals surface area (Å²) in [5.41, 5.74) is 2.65. The molecule has 100 valence electrons. The van der Waals surface area contributed by atoms with Crippen LogP contribution in [0.5, 0.6) is 5.75 Å². The molecule has 2 rings (SSSR count). The lowest BCUT2D eigenvalue weighted by atomic mass is 10.2. The van der Waals surface area contributed by atoms with E-state index in [1.54, 1.807) is 29.8 Å². The molecule has 0 aliphatic carbocycles. The Bertz CT molecular complexity index is 617. The molecule has 0 aliphatic heterocycles. The van der Waals surface area contributed by atoms with Crippen LogP contribution < -0.4 is 5.32 Å². The number of rotatable bonds is 3. The summed E-state index contributed by atoms with van der Waals surface area (Å²) in [6, 6.07) is 6.79. The first-order valence-electron chi connectivity index (χ1n) is 6.16. The van der Waals surface area contributed by atoms with Gasteiger partial charge in [-0.2, -0.15) is 5.10 Å². The number of aromatic hydroxyl groups is 1. The van der Waals surface area contributed by atoms with Gasteiger partial charge in [0.1, 0.15) is 11.4 Å². The normalized spacial score (nSPS) is 10.5. The van der Waals surface area contributed by atoms with E-state index in [0.29, 0.717) is 17.9 Å². The number of anilines is 1. The van der Waals surface area contributed by atoms with Crippen molar-refractivity contribution in [1.29, 1.82) is 0 Å². The van der Waals surface area contributed by atoms with Crippen molar-refractivity contribution >= 4 is 11.6 Å². The van der Waals surface area contributed by atoms with E-state index < -0.39 is 0 Å². The van der Waals surface area contributed by atoms with Crippen LogP contribution in [0.25, 0.3) is 0 Å². The second-order valence-corrected chi connectivity index (χ2v) is 4.44. The number of nitrogens with zero attached hydrogens (tertiary/aromatic N) is 2. The summed E-state index contributed by atoms with van der Waals surface area (Å²) in [6.45, 7) is 6.22. The number of carbonyl (C=O) groups excluding carboxylic acids is 1. The third-order valence-corrected chi connectivity index (χ3v) is 2.90. The quantitative estimate of drug-likeness (QED) is 0.889. The maximum atomic E-state index is 12.1. The third kappa shape index (κ3) is 2.76. The third-order valence-electron chi connectivity index (χ3n) is 2.90. The van der Waals surface area contributed by atoms with Crippen LogP contribution in [0.15, 0.2) is 24.3 Å². The zero-order valence-corrected chi connectivity index (χ0v) is 11.3. The highest BCUT2D eigenvalue weighted by Crippen LogP contribution is 2.21. The number of aromatic nitrogens is 2. The van der Waals surface area contributed by atoms with Crippen LogP contribution in [0.1, 0.15) is 28.7 Å². The Labute approximate surface area is 111 Å². The summed E-state index contributed by atoms with van der Waals surface area (Å²) >= 11 is 0. The number of hydrogen-bond donors (Lipinski definition) is 2. The molecule has 19 heavy (non-hydrogen) atoms. The number of nitrogens with one attached hydrogen (secondary N) is 1. The van der Waals surface area contributed by atoms with Crippen molar-refractivity contribution in [3.8, 4) is 5.75 Å². The van der Waals surface area contributed by atoms with Crippen LogP contribution in [0.3, 0.4) is 0 Å². The van der Waals surface area contributed by atoms with Crippen LogP contribution in [-0.2, 0) is 6.54 Å². The topological polar surface area (TPSA) is 67.2 Å². The molecule has 0 saturated heterocycles. The van der Waals surface area contributed by atoms with E-state index in [1.807, 2.05) is 13.8 Å². The van der Waals surface area contributed by atoms with Crippen molar-refractivity contribution < 1.29 is 9.90 Å². The average molecular weight is 259 g/mol. The summed E-state index contributed by atoms with van der Waals surface area (Å²) < 4.78 is 1.65. The van der Waals surface area contributed by atoms with Crippen molar-refractivity contribution in [1.82, 2.24) is 9.78 Å². The number of benzene rings is 1.